The summed E-state index contributed by atoms with van der Waals surface area (Å²) in [6, 6.07) is 14.1. The average Bonchev–Trinajstić information content (AvgIpc) is 3.22. The smallest absolute Gasteiger partial charge is 0.374 e. The predicted molar refractivity (Wildman–Crippen MR) is 125 cm³/mol. The third-order valence-electron chi connectivity index (χ3n) is 6.81. The second-order valence-electron chi connectivity index (χ2n) is 8.93. The Morgan fingerprint density at radius 2 is 2.06 bits per heavy atom. The standard InChI is InChI=1S/C27H21FN3O5/c1-2-27(36-23(32)14-30-9-5-7-18(28)13-30)20-11-22-24-17(10-16-6-3-4-8-21(16)29-24)12-31(22)25(33)19(20)15-35-26(27)34/h3-11,13H,2,12,14-15H2,1H3/q+1/t27-/m0/s1. The molecule has 0 N–H and O–H groups in total. The van der Waals surface area contributed by atoms with Crippen molar-refractivity contribution in [3.63, 3.8) is 0 Å². The van der Waals surface area contributed by atoms with Crippen LogP contribution in [0, 0.1) is 5.82 Å². The SMILES string of the molecule is CC[C@@]1(OC(=O)C[n+]2cccc(F)c2)C(=O)OCc2c1cc1n(c2=O)Cc2cc3ccccc3nc2-1. The summed E-state index contributed by atoms with van der Waals surface area (Å²) < 4.78 is 27.6. The quantitative estimate of drug-likeness (QED) is 0.287. The third kappa shape index (κ3) is 3.30. The van der Waals surface area contributed by atoms with Crippen molar-refractivity contribution in [2.24, 2.45) is 0 Å². The second-order valence-corrected chi connectivity index (χ2v) is 8.93. The summed E-state index contributed by atoms with van der Waals surface area (Å²) in [5, 5.41) is 0.965. The molecule has 0 saturated carbocycles. The van der Waals surface area contributed by atoms with Crippen LogP contribution in [0.2, 0.25) is 0 Å². The first-order valence-corrected chi connectivity index (χ1v) is 11.6. The fraction of sp³-hybridized carbons (Fsp3) is 0.222. The molecular formula is C27H21FN3O5+. The van der Waals surface area contributed by atoms with E-state index in [4.69, 9.17) is 14.5 Å². The van der Waals surface area contributed by atoms with Gasteiger partial charge in [0.05, 0.1) is 29.0 Å². The van der Waals surface area contributed by atoms with Crippen molar-refractivity contribution in [3.05, 3.63) is 93.8 Å². The van der Waals surface area contributed by atoms with Gasteiger partial charge in [-0.15, -0.1) is 0 Å². The van der Waals surface area contributed by atoms with Crippen molar-refractivity contribution < 1.29 is 28.0 Å². The Kier molecular flexibility index (Phi) is 4.96. The van der Waals surface area contributed by atoms with Crippen LogP contribution >= 0.6 is 0 Å². The summed E-state index contributed by atoms with van der Waals surface area (Å²) in [7, 11) is 0. The van der Waals surface area contributed by atoms with Gasteiger partial charge in [-0.3, -0.25) is 4.79 Å². The molecule has 0 aliphatic carbocycles. The highest BCUT2D eigenvalue weighted by atomic mass is 19.1. The number of rotatable bonds is 4. The Hall–Kier alpha value is -4.40. The van der Waals surface area contributed by atoms with Gasteiger partial charge in [-0.25, -0.2) is 19.0 Å². The Morgan fingerprint density at radius 3 is 2.86 bits per heavy atom. The van der Waals surface area contributed by atoms with Crippen molar-refractivity contribution in [3.8, 4) is 11.4 Å². The topological polar surface area (TPSA) is 91.4 Å². The first kappa shape index (κ1) is 22.1. The van der Waals surface area contributed by atoms with Crippen LogP contribution in [0.5, 0.6) is 0 Å². The number of halogens is 1. The minimum Gasteiger partial charge on any atom is -0.457 e. The number of benzene rings is 1. The number of ether oxygens (including phenoxy) is 2. The monoisotopic (exact) mass is 486 g/mol. The summed E-state index contributed by atoms with van der Waals surface area (Å²) >= 11 is 0. The van der Waals surface area contributed by atoms with Crippen LogP contribution < -0.4 is 10.1 Å². The Bertz CT molecular complexity index is 1650. The molecule has 0 unspecified atom stereocenters. The molecule has 8 nitrogen and oxygen atoms in total. The molecule has 9 heteroatoms. The molecule has 1 aromatic carbocycles. The van der Waals surface area contributed by atoms with E-state index in [0.29, 0.717) is 23.5 Å². The molecular weight excluding hydrogens is 465 g/mol. The molecule has 3 aromatic heterocycles. The molecule has 6 rings (SSSR count). The number of para-hydroxylation sites is 1. The van der Waals surface area contributed by atoms with E-state index in [2.05, 4.69) is 0 Å². The second kappa shape index (κ2) is 8.08. The van der Waals surface area contributed by atoms with Crippen LogP contribution in [-0.2, 0) is 44.4 Å². The highest BCUT2D eigenvalue weighted by Gasteiger charge is 2.50. The molecule has 0 bridgehead atoms. The van der Waals surface area contributed by atoms with Crippen molar-refractivity contribution in [2.45, 2.75) is 38.6 Å². The maximum Gasteiger partial charge on any atom is 0.374 e. The number of fused-ring (bicyclic) bond motifs is 5. The zero-order valence-electron chi connectivity index (χ0n) is 19.4. The highest BCUT2D eigenvalue weighted by Crippen LogP contribution is 2.40. The van der Waals surface area contributed by atoms with Crippen molar-refractivity contribution >= 4 is 22.8 Å². The summed E-state index contributed by atoms with van der Waals surface area (Å²) in [5.74, 6) is -2.02. The number of hydrogen-bond donors (Lipinski definition) is 0. The van der Waals surface area contributed by atoms with Gasteiger partial charge in [0.2, 0.25) is 18.3 Å². The lowest BCUT2D eigenvalue weighted by Gasteiger charge is -2.35. The van der Waals surface area contributed by atoms with Gasteiger partial charge in [-0.05, 0) is 30.7 Å². The molecule has 0 spiro atoms. The predicted octanol–water partition coefficient (Wildman–Crippen LogP) is 2.76. The van der Waals surface area contributed by atoms with Gasteiger partial charge in [0.25, 0.3) is 5.56 Å². The number of carbonyl (C=O) groups is 2. The van der Waals surface area contributed by atoms with Gasteiger partial charge in [0.15, 0.2) is 12.0 Å². The zero-order chi connectivity index (χ0) is 25.0. The first-order chi connectivity index (χ1) is 17.4. The van der Waals surface area contributed by atoms with Crippen LogP contribution in [-0.4, -0.2) is 21.5 Å². The first-order valence-electron chi connectivity index (χ1n) is 11.6. The molecule has 36 heavy (non-hydrogen) atoms. The van der Waals surface area contributed by atoms with Gasteiger partial charge >= 0.3 is 11.9 Å². The van der Waals surface area contributed by atoms with E-state index in [-0.39, 0.29) is 30.7 Å². The molecule has 0 saturated heterocycles. The van der Waals surface area contributed by atoms with Crippen LogP contribution in [0.25, 0.3) is 22.3 Å². The zero-order valence-corrected chi connectivity index (χ0v) is 19.4. The van der Waals surface area contributed by atoms with Crippen molar-refractivity contribution in [2.75, 3.05) is 0 Å². The molecule has 0 radical (unpaired) electrons. The maximum absolute atomic E-state index is 13.6. The van der Waals surface area contributed by atoms with Gasteiger partial charge in [-0.1, -0.05) is 25.1 Å². The fourth-order valence-electron chi connectivity index (χ4n) is 5.05. The maximum atomic E-state index is 13.6. The largest absolute Gasteiger partial charge is 0.457 e. The van der Waals surface area contributed by atoms with E-state index in [1.54, 1.807) is 17.6 Å². The number of aromatic nitrogens is 3. The van der Waals surface area contributed by atoms with Crippen LogP contribution in [0.1, 0.15) is 30.0 Å². The Morgan fingerprint density at radius 1 is 1.22 bits per heavy atom. The number of esters is 2. The Labute approximate surface area is 204 Å². The van der Waals surface area contributed by atoms with E-state index >= 15 is 0 Å². The van der Waals surface area contributed by atoms with E-state index in [9.17, 15) is 18.8 Å². The summed E-state index contributed by atoms with van der Waals surface area (Å²) in [5.41, 5.74) is 1.35. The molecule has 0 amide bonds. The molecule has 5 heterocycles. The normalized spacial score (nSPS) is 17.8. The van der Waals surface area contributed by atoms with E-state index in [0.717, 1.165) is 22.7 Å². The fourth-order valence-corrected chi connectivity index (χ4v) is 5.05. The molecule has 4 aromatic rings. The number of carbonyl (C=O) groups excluding carboxylic acids is 2. The number of nitrogens with zero attached hydrogens (tertiary/aromatic N) is 3. The summed E-state index contributed by atoms with van der Waals surface area (Å²) in [6.07, 6.45) is 2.72. The molecule has 180 valence electrons. The van der Waals surface area contributed by atoms with Gasteiger partial charge in [-0.2, -0.15) is 4.57 Å². The number of hydrogen-bond acceptors (Lipinski definition) is 6. The lowest BCUT2D eigenvalue weighted by molar-refractivity contribution is -0.687. The molecule has 2 aliphatic heterocycles. The number of cyclic esters (lactones) is 1. The summed E-state index contributed by atoms with van der Waals surface area (Å²) in [6.45, 7) is 1.50. The van der Waals surface area contributed by atoms with Crippen LogP contribution in [0.3, 0.4) is 0 Å². The van der Waals surface area contributed by atoms with Crippen molar-refractivity contribution in [1.29, 1.82) is 0 Å². The molecule has 1 atom stereocenters. The summed E-state index contributed by atoms with van der Waals surface area (Å²) in [4.78, 5) is 44.3. The average molecular weight is 486 g/mol. The van der Waals surface area contributed by atoms with E-state index in [1.807, 2.05) is 30.3 Å². The van der Waals surface area contributed by atoms with Crippen LogP contribution in [0.4, 0.5) is 4.39 Å². The third-order valence-corrected chi connectivity index (χ3v) is 6.81. The molecule has 2 aliphatic rings. The Balaban J connectivity index is 1.46. The lowest BCUT2D eigenvalue weighted by atomic mass is 9.85. The van der Waals surface area contributed by atoms with Gasteiger partial charge in [0, 0.05) is 22.6 Å². The van der Waals surface area contributed by atoms with Gasteiger partial charge < -0.3 is 14.0 Å². The lowest BCUT2D eigenvalue weighted by Crippen LogP contribution is -2.49. The number of pyridine rings is 3. The van der Waals surface area contributed by atoms with Gasteiger partial charge in [0.1, 0.15) is 6.61 Å². The highest BCUT2D eigenvalue weighted by molar-refractivity contribution is 5.88. The minimum atomic E-state index is -1.80. The van der Waals surface area contributed by atoms with Crippen molar-refractivity contribution in [1.82, 2.24) is 9.55 Å². The van der Waals surface area contributed by atoms with E-state index in [1.165, 1.54) is 22.9 Å². The van der Waals surface area contributed by atoms with E-state index < -0.39 is 23.4 Å². The van der Waals surface area contributed by atoms with Crippen LogP contribution in [0.15, 0.2) is 65.7 Å². The molecule has 0 fully saturated rings. The minimum absolute atomic E-state index is 0.0549.